The minimum absolute atomic E-state index is 0.0853. The lowest BCUT2D eigenvalue weighted by Crippen LogP contribution is -2.31. The van der Waals surface area contributed by atoms with Gasteiger partial charge in [0.25, 0.3) is 0 Å². The Kier molecular flexibility index (Phi) is 6.35. The maximum atomic E-state index is 12.6. The summed E-state index contributed by atoms with van der Waals surface area (Å²) in [6, 6.07) is 15.2. The van der Waals surface area contributed by atoms with E-state index in [1.165, 1.54) is 12.1 Å². The van der Waals surface area contributed by atoms with E-state index in [9.17, 15) is 18.0 Å². The number of anilines is 2. The Labute approximate surface area is 181 Å². The number of hydrogen-bond acceptors (Lipinski definition) is 5. The predicted molar refractivity (Wildman–Crippen MR) is 116 cm³/mol. The van der Waals surface area contributed by atoms with Crippen LogP contribution in [0.15, 0.2) is 59.5 Å². The van der Waals surface area contributed by atoms with E-state index in [2.05, 4.69) is 10.0 Å². The average Bonchev–Trinajstić information content (AvgIpc) is 3.43. The zero-order chi connectivity index (χ0) is 21.8. The number of ether oxygens (including phenoxy) is 1. The first-order valence-corrected chi connectivity index (χ1v) is 11.8. The molecule has 2 saturated heterocycles. The molecule has 2 fully saturated rings. The van der Waals surface area contributed by atoms with Crippen LogP contribution in [0.1, 0.15) is 19.3 Å². The Morgan fingerprint density at radius 1 is 1.10 bits per heavy atom. The number of rotatable bonds is 7. The lowest BCUT2D eigenvalue weighted by molar-refractivity contribution is -0.122. The van der Waals surface area contributed by atoms with Gasteiger partial charge in [0.15, 0.2) is 0 Å². The van der Waals surface area contributed by atoms with Crippen LogP contribution in [0.25, 0.3) is 0 Å². The van der Waals surface area contributed by atoms with Gasteiger partial charge in [-0.15, -0.1) is 0 Å². The zero-order valence-electron chi connectivity index (χ0n) is 17.0. The number of sulfonamides is 1. The van der Waals surface area contributed by atoms with Gasteiger partial charge in [-0.1, -0.05) is 18.2 Å². The smallest absolute Gasteiger partial charge is 0.240 e. The molecule has 4 rings (SSSR count). The molecule has 2 aromatic carbocycles. The molecular formula is C22H25N3O5S. The summed E-state index contributed by atoms with van der Waals surface area (Å²) in [7, 11) is -3.65. The van der Waals surface area contributed by atoms with E-state index in [0.717, 1.165) is 18.5 Å². The molecule has 2 heterocycles. The standard InChI is InChI=1S/C22H25N3O5S/c26-21-13-16(15-25(21)18-5-2-1-3-6-18)22(27)24-17-8-10-20(11-9-17)31(28,29)23-14-19-7-4-12-30-19/h1-3,5-6,8-11,16,19,23H,4,7,12-15H2,(H,24,27)/t16-,19+/m1/s1. The molecule has 0 bridgehead atoms. The summed E-state index contributed by atoms with van der Waals surface area (Å²) >= 11 is 0. The normalized spacial score (nSPS) is 21.4. The second kappa shape index (κ2) is 9.17. The van der Waals surface area contributed by atoms with Gasteiger partial charge in [-0.25, -0.2) is 13.1 Å². The second-order valence-corrected chi connectivity index (χ2v) is 9.51. The van der Waals surface area contributed by atoms with Gasteiger partial charge in [-0.05, 0) is 49.2 Å². The van der Waals surface area contributed by atoms with E-state index in [0.29, 0.717) is 18.8 Å². The summed E-state index contributed by atoms with van der Waals surface area (Å²) in [4.78, 5) is 26.7. The van der Waals surface area contributed by atoms with E-state index in [1.54, 1.807) is 17.0 Å². The van der Waals surface area contributed by atoms with Crippen molar-refractivity contribution >= 4 is 33.2 Å². The first kappa shape index (κ1) is 21.5. The molecule has 8 nitrogen and oxygen atoms in total. The van der Waals surface area contributed by atoms with Gasteiger partial charge in [-0.2, -0.15) is 0 Å². The lowest BCUT2D eigenvalue weighted by atomic mass is 10.1. The first-order chi connectivity index (χ1) is 14.9. The molecule has 0 aliphatic carbocycles. The van der Waals surface area contributed by atoms with Crippen molar-refractivity contribution in [2.24, 2.45) is 5.92 Å². The molecule has 31 heavy (non-hydrogen) atoms. The van der Waals surface area contributed by atoms with Gasteiger partial charge < -0.3 is 15.0 Å². The lowest BCUT2D eigenvalue weighted by Gasteiger charge is -2.16. The van der Waals surface area contributed by atoms with Crippen LogP contribution in [0, 0.1) is 5.92 Å². The highest BCUT2D eigenvalue weighted by Gasteiger charge is 2.35. The molecule has 2 aromatic rings. The number of nitrogens with zero attached hydrogens (tertiary/aromatic N) is 1. The van der Waals surface area contributed by atoms with E-state index in [4.69, 9.17) is 4.74 Å². The van der Waals surface area contributed by atoms with E-state index in [-0.39, 0.29) is 35.8 Å². The Bertz CT molecular complexity index is 1030. The average molecular weight is 444 g/mol. The Hall–Kier alpha value is -2.75. The molecule has 2 N–H and O–H groups in total. The first-order valence-electron chi connectivity index (χ1n) is 10.3. The molecule has 2 aliphatic rings. The molecule has 0 unspecified atom stereocenters. The fourth-order valence-electron chi connectivity index (χ4n) is 3.79. The van der Waals surface area contributed by atoms with Crippen molar-refractivity contribution in [3.05, 3.63) is 54.6 Å². The summed E-state index contributed by atoms with van der Waals surface area (Å²) < 4.78 is 32.9. The van der Waals surface area contributed by atoms with E-state index < -0.39 is 15.9 Å². The van der Waals surface area contributed by atoms with Crippen LogP contribution in [-0.4, -0.2) is 46.0 Å². The number of carbonyl (C=O) groups is 2. The molecule has 0 spiro atoms. The third-order valence-corrected chi connectivity index (χ3v) is 6.96. The van der Waals surface area contributed by atoms with Crippen LogP contribution < -0.4 is 14.9 Å². The van der Waals surface area contributed by atoms with E-state index in [1.807, 2.05) is 30.3 Å². The summed E-state index contributed by atoms with van der Waals surface area (Å²) in [5.74, 6) is -0.826. The van der Waals surface area contributed by atoms with Crippen molar-refractivity contribution in [2.45, 2.75) is 30.3 Å². The highest BCUT2D eigenvalue weighted by Crippen LogP contribution is 2.26. The zero-order valence-corrected chi connectivity index (χ0v) is 17.8. The maximum Gasteiger partial charge on any atom is 0.240 e. The SMILES string of the molecule is O=C(Nc1ccc(S(=O)(=O)NC[C@@H]2CCCO2)cc1)[C@@H]1CC(=O)N(c2ccccc2)C1. The second-order valence-electron chi connectivity index (χ2n) is 7.74. The third-order valence-electron chi connectivity index (χ3n) is 5.52. The van der Waals surface area contributed by atoms with Crippen molar-refractivity contribution in [1.82, 2.24) is 4.72 Å². The number of carbonyl (C=O) groups excluding carboxylic acids is 2. The molecule has 9 heteroatoms. The Balaban J connectivity index is 1.34. The fraction of sp³-hybridized carbons (Fsp3) is 0.364. The summed E-state index contributed by atoms with van der Waals surface area (Å²) in [5.41, 5.74) is 1.25. The van der Waals surface area contributed by atoms with E-state index >= 15 is 0 Å². The monoisotopic (exact) mass is 443 g/mol. The van der Waals surface area contributed by atoms with Crippen LogP contribution in [0.4, 0.5) is 11.4 Å². The molecule has 0 aromatic heterocycles. The van der Waals surface area contributed by atoms with Crippen molar-refractivity contribution in [3.8, 4) is 0 Å². The van der Waals surface area contributed by atoms with Crippen LogP contribution in [0.2, 0.25) is 0 Å². The minimum atomic E-state index is -3.65. The highest BCUT2D eigenvalue weighted by atomic mass is 32.2. The molecule has 164 valence electrons. The summed E-state index contributed by atoms with van der Waals surface area (Å²) in [6.45, 7) is 1.22. The quantitative estimate of drug-likeness (QED) is 0.682. The van der Waals surface area contributed by atoms with Crippen molar-refractivity contribution < 1.29 is 22.7 Å². The summed E-state index contributed by atoms with van der Waals surface area (Å²) in [5, 5.41) is 2.78. The van der Waals surface area contributed by atoms with Crippen molar-refractivity contribution in [3.63, 3.8) is 0 Å². The van der Waals surface area contributed by atoms with Crippen LogP contribution in [0.5, 0.6) is 0 Å². The number of benzene rings is 2. The topological polar surface area (TPSA) is 105 Å². The largest absolute Gasteiger partial charge is 0.377 e. The van der Waals surface area contributed by atoms with Gasteiger partial charge in [0, 0.05) is 37.5 Å². The maximum absolute atomic E-state index is 12.6. The minimum Gasteiger partial charge on any atom is -0.377 e. The van der Waals surface area contributed by atoms with Gasteiger partial charge in [0.2, 0.25) is 21.8 Å². The molecule has 2 atom stereocenters. The Morgan fingerprint density at radius 2 is 1.84 bits per heavy atom. The van der Waals surface area contributed by atoms with Gasteiger partial charge in [0.05, 0.1) is 16.9 Å². The molecule has 2 amide bonds. The van der Waals surface area contributed by atoms with Crippen LogP contribution >= 0.6 is 0 Å². The summed E-state index contributed by atoms with van der Waals surface area (Å²) in [6.07, 6.45) is 1.84. The van der Waals surface area contributed by atoms with Crippen LogP contribution in [-0.2, 0) is 24.3 Å². The highest BCUT2D eigenvalue weighted by molar-refractivity contribution is 7.89. The van der Waals surface area contributed by atoms with Gasteiger partial charge in [0.1, 0.15) is 0 Å². The molecular weight excluding hydrogens is 418 g/mol. The third kappa shape index (κ3) is 5.12. The molecule has 0 saturated carbocycles. The fourth-order valence-corrected chi connectivity index (χ4v) is 4.86. The number of nitrogens with one attached hydrogen (secondary N) is 2. The van der Waals surface area contributed by atoms with Crippen molar-refractivity contribution in [2.75, 3.05) is 29.9 Å². The predicted octanol–water partition coefficient (Wildman–Crippen LogP) is 2.14. The van der Waals surface area contributed by atoms with Gasteiger partial charge in [-0.3, -0.25) is 9.59 Å². The van der Waals surface area contributed by atoms with Crippen LogP contribution in [0.3, 0.4) is 0 Å². The number of amides is 2. The molecule has 2 aliphatic heterocycles. The molecule has 0 radical (unpaired) electrons. The number of hydrogen-bond donors (Lipinski definition) is 2. The number of para-hydroxylation sites is 1. The Morgan fingerprint density at radius 3 is 2.52 bits per heavy atom. The van der Waals surface area contributed by atoms with Gasteiger partial charge >= 0.3 is 0 Å². The van der Waals surface area contributed by atoms with Crippen molar-refractivity contribution in [1.29, 1.82) is 0 Å².